The van der Waals surface area contributed by atoms with Crippen LogP contribution in [0, 0.1) is 0 Å². The van der Waals surface area contributed by atoms with Crippen LogP contribution in [-0.2, 0) is 4.79 Å². The third-order valence-electron chi connectivity index (χ3n) is 5.69. The van der Waals surface area contributed by atoms with Gasteiger partial charge >= 0.3 is 0 Å². The van der Waals surface area contributed by atoms with E-state index in [1.54, 1.807) is 48.5 Å². The molecule has 2 aromatic rings. The number of carbonyl (C=O) groups excluding carboxylic acids is 2. The number of unbranched alkanes of at least 4 members (excludes halogenated alkanes) is 1. The van der Waals surface area contributed by atoms with Gasteiger partial charge in [-0.25, -0.2) is 0 Å². The van der Waals surface area contributed by atoms with Gasteiger partial charge in [0, 0.05) is 38.6 Å². The second kappa shape index (κ2) is 9.15. The van der Waals surface area contributed by atoms with E-state index in [0.717, 1.165) is 18.4 Å². The third-order valence-corrected chi connectivity index (χ3v) is 5.69. The Morgan fingerprint density at radius 1 is 1.23 bits per heavy atom. The van der Waals surface area contributed by atoms with Gasteiger partial charge in [-0.2, -0.15) is 0 Å². The molecule has 7 heteroatoms. The minimum Gasteiger partial charge on any atom is -0.493 e. The van der Waals surface area contributed by atoms with Gasteiger partial charge in [0.05, 0.1) is 26.2 Å². The van der Waals surface area contributed by atoms with E-state index in [-0.39, 0.29) is 11.8 Å². The standard InChI is InChI=1S/C23H29N3O4/c1-6-7-11-25(2)23(28)20-16-12-18(29-4)19(30-5)13-17(16)22(27)26(3)21(20)15-9-8-10-24-14-15/h8-10,12-14,20-21H,6-7,11H2,1-5H3. The number of rotatable bonds is 7. The number of aromatic nitrogens is 1. The van der Waals surface area contributed by atoms with Crippen LogP contribution in [0.4, 0.5) is 0 Å². The molecule has 0 radical (unpaired) electrons. The summed E-state index contributed by atoms with van der Waals surface area (Å²) in [6.07, 6.45) is 5.31. The number of likely N-dealkylation sites (N-methyl/N-ethyl adjacent to an activating group) is 2. The first-order valence-electron chi connectivity index (χ1n) is 10.1. The van der Waals surface area contributed by atoms with E-state index in [2.05, 4.69) is 11.9 Å². The van der Waals surface area contributed by atoms with Crippen molar-refractivity contribution in [2.75, 3.05) is 34.9 Å². The maximum Gasteiger partial charge on any atom is 0.254 e. The predicted molar refractivity (Wildman–Crippen MR) is 114 cm³/mol. The molecule has 0 saturated heterocycles. The molecule has 160 valence electrons. The molecule has 0 N–H and O–H groups in total. The number of hydrogen-bond donors (Lipinski definition) is 0. The lowest BCUT2D eigenvalue weighted by molar-refractivity contribution is -0.133. The second-order valence-electron chi connectivity index (χ2n) is 7.53. The molecule has 0 spiro atoms. The van der Waals surface area contributed by atoms with Crippen molar-refractivity contribution < 1.29 is 19.1 Å². The van der Waals surface area contributed by atoms with E-state index < -0.39 is 12.0 Å². The highest BCUT2D eigenvalue weighted by atomic mass is 16.5. The van der Waals surface area contributed by atoms with Crippen LogP contribution in [0.2, 0.25) is 0 Å². The molecule has 1 aromatic carbocycles. The summed E-state index contributed by atoms with van der Waals surface area (Å²) in [5.41, 5.74) is 1.92. The van der Waals surface area contributed by atoms with Crippen LogP contribution < -0.4 is 9.47 Å². The normalized spacial score (nSPS) is 18.0. The van der Waals surface area contributed by atoms with E-state index >= 15 is 0 Å². The van der Waals surface area contributed by atoms with Crippen molar-refractivity contribution in [3.05, 3.63) is 53.3 Å². The Morgan fingerprint density at radius 3 is 2.53 bits per heavy atom. The van der Waals surface area contributed by atoms with Gasteiger partial charge in [0.2, 0.25) is 5.91 Å². The largest absolute Gasteiger partial charge is 0.493 e. The maximum absolute atomic E-state index is 13.7. The molecule has 0 aliphatic carbocycles. The van der Waals surface area contributed by atoms with Crippen molar-refractivity contribution in [3.63, 3.8) is 0 Å². The molecule has 1 aliphatic rings. The Bertz CT molecular complexity index is 916. The summed E-state index contributed by atoms with van der Waals surface area (Å²) in [4.78, 5) is 34.5. The van der Waals surface area contributed by atoms with Crippen LogP contribution in [0.1, 0.15) is 53.2 Å². The zero-order valence-corrected chi connectivity index (χ0v) is 18.2. The van der Waals surface area contributed by atoms with Crippen LogP contribution in [-0.4, -0.2) is 61.5 Å². The summed E-state index contributed by atoms with van der Waals surface area (Å²) in [6.45, 7) is 2.75. The molecule has 1 aromatic heterocycles. The number of carbonyl (C=O) groups is 2. The number of hydrogen-bond acceptors (Lipinski definition) is 5. The van der Waals surface area contributed by atoms with E-state index in [1.807, 2.05) is 19.2 Å². The van der Waals surface area contributed by atoms with Gasteiger partial charge in [-0.3, -0.25) is 14.6 Å². The number of nitrogens with zero attached hydrogens (tertiary/aromatic N) is 3. The molecule has 0 saturated carbocycles. The van der Waals surface area contributed by atoms with Crippen molar-refractivity contribution in [3.8, 4) is 11.5 Å². The Labute approximate surface area is 177 Å². The molecule has 0 fully saturated rings. The van der Waals surface area contributed by atoms with Gasteiger partial charge in [0.1, 0.15) is 0 Å². The van der Waals surface area contributed by atoms with Crippen molar-refractivity contribution in [1.29, 1.82) is 0 Å². The zero-order chi connectivity index (χ0) is 21.8. The predicted octanol–water partition coefficient (Wildman–Crippen LogP) is 3.27. The molecule has 1 aliphatic heterocycles. The first-order chi connectivity index (χ1) is 14.4. The molecule has 2 heterocycles. The second-order valence-corrected chi connectivity index (χ2v) is 7.53. The summed E-state index contributed by atoms with van der Waals surface area (Å²) < 4.78 is 10.9. The number of pyridine rings is 1. The minimum atomic E-state index is -0.575. The molecular weight excluding hydrogens is 382 g/mol. The summed E-state index contributed by atoms with van der Waals surface area (Å²) in [5, 5.41) is 0. The highest BCUT2D eigenvalue weighted by molar-refractivity contribution is 6.02. The average molecular weight is 412 g/mol. The number of methoxy groups -OCH3 is 2. The summed E-state index contributed by atoms with van der Waals surface area (Å²) in [7, 11) is 6.62. The molecule has 2 atom stereocenters. The van der Waals surface area contributed by atoms with E-state index in [1.165, 1.54) is 7.11 Å². The summed E-state index contributed by atoms with van der Waals surface area (Å²) in [5.74, 6) is 0.176. The summed E-state index contributed by atoms with van der Waals surface area (Å²) >= 11 is 0. The molecule has 3 rings (SSSR count). The Hall–Kier alpha value is -3.09. The topological polar surface area (TPSA) is 72.0 Å². The molecule has 30 heavy (non-hydrogen) atoms. The monoisotopic (exact) mass is 411 g/mol. The van der Waals surface area contributed by atoms with Gasteiger partial charge < -0.3 is 19.3 Å². The lowest BCUT2D eigenvalue weighted by atomic mass is 9.79. The Balaban J connectivity index is 2.19. The first kappa shape index (κ1) is 21.6. The van der Waals surface area contributed by atoms with Crippen LogP contribution in [0.15, 0.2) is 36.7 Å². The SMILES string of the molecule is CCCCN(C)C(=O)C1c2cc(OC)c(OC)cc2C(=O)N(C)C1c1cccnc1. The lowest BCUT2D eigenvalue weighted by Crippen LogP contribution is -2.46. The first-order valence-corrected chi connectivity index (χ1v) is 10.1. The fourth-order valence-electron chi connectivity index (χ4n) is 4.03. The number of benzene rings is 1. The highest BCUT2D eigenvalue weighted by Gasteiger charge is 2.44. The number of amides is 2. The molecule has 2 amide bonds. The highest BCUT2D eigenvalue weighted by Crippen LogP contribution is 2.46. The Morgan fingerprint density at radius 2 is 1.93 bits per heavy atom. The quantitative estimate of drug-likeness (QED) is 0.699. The van der Waals surface area contributed by atoms with Gasteiger partial charge in [0.15, 0.2) is 11.5 Å². The van der Waals surface area contributed by atoms with Gasteiger partial charge in [-0.1, -0.05) is 19.4 Å². The fourth-order valence-corrected chi connectivity index (χ4v) is 4.03. The zero-order valence-electron chi connectivity index (χ0n) is 18.2. The average Bonchev–Trinajstić information content (AvgIpc) is 2.78. The molecule has 0 bridgehead atoms. The van der Waals surface area contributed by atoms with Crippen molar-refractivity contribution >= 4 is 11.8 Å². The Kier molecular flexibility index (Phi) is 6.59. The van der Waals surface area contributed by atoms with Crippen molar-refractivity contribution in [2.45, 2.75) is 31.7 Å². The van der Waals surface area contributed by atoms with Crippen LogP contribution in [0.25, 0.3) is 0 Å². The lowest BCUT2D eigenvalue weighted by Gasteiger charge is -2.41. The van der Waals surface area contributed by atoms with Gasteiger partial charge in [-0.15, -0.1) is 0 Å². The maximum atomic E-state index is 13.7. The molecule has 2 unspecified atom stereocenters. The number of ether oxygens (including phenoxy) is 2. The van der Waals surface area contributed by atoms with Crippen LogP contribution in [0.3, 0.4) is 0 Å². The van der Waals surface area contributed by atoms with E-state index in [9.17, 15) is 9.59 Å². The van der Waals surface area contributed by atoms with Crippen LogP contribution in [0.5, 0.6) is 11.5 Å². The van der Waals surface area contributed by atoms with Crippen molar-refractivity contribution in [1.82, 2.24) is 14.8 Å². The van der Waals surface area contributed by atoms with Crippen LogP contribution >= 0.6 is 0 Å². The van der Waals surface area contributed by atoms with E-state index in [4.69, 9.17) is 9.47 Å². The molecule has 7 nitrogen and oxygen atoms in total. The van der Waals surface area contributed by atoms with Gasteiger partial charge in [0.25, 0.3) is 5.91 Å². The minimum absolute atomic E-state index is 0.0369. The van der Waals surface area contributed by atoms with Crippen molar-refractivity contribution in [2.24, 2.45) is 0 Å². The summed E-state index contributed by atoms with van der Waals surface area (Å²) in [6, 6.07) is 6.69. The third kappa shape index (κ3) is 3.84. The smallest absolute Gasteiger partial charge is 0.254 e. The molecular formula is C23H29N3O4. The fraction of sp³-hybridized carbons (Fsp3) is 0.435. The van der Waals surface area contributed by atoms with E-state index in [0.29, 0.717) is 29.2 Å². The van der Waals surface area contributed by atoms with Gasteiger partial charge in [-0.05, 0) is 35.7 Å². The number of fused-ring (bicyclic) bond motifs is 1.